The molecule has 0 heterocycles. The van der Waals surface area contributed by atoms with E-state index >= 15 is 0 Å². The summed E-state index contributed by atoms with van der Waals surface area (Å²) >= 11 is 5.65. The Bertz CT molecular complexity index is 582. The minimum Gasteiger partial charge on any atom is -0.325 e. The monoisotopic (exact) mass is 317 g/mol. The van der Waals surface area contributed by atoms with Gasteiger partial charge in [-0.25, -0.2) is 8.42 Å². The van der Waals surface area contributed by atoms with E-state index in [1.165, 1.54) is 13.8 Å². The van der Waals surface area contributed by atoms with E-state index in [1.807, 2.05) is 18.2 Å². The summed E-state index contributed by atoms with van der Waals surface area (Å²) in [5, 5.41) is 2.65. The van der Waals surface area contributed by atoms with Gasteiger partial charge in [0, 0.05) is 17.8 Å². The molecule has 1 rings (SSSR count). The maximum atomic E-state index is 12.1. The van der Waals surface area contributed by atoms with Crippen LogP contribution in [0.4, 0.5) is 5.69 Å². The van der Waals surface area contributed by atoms with Crippen LogP contribution in [0.3, 0.4) is 0 Å². The minimum absolute atomic E-state index is 0.533. The Hall–Kier alpha value is -1.07. The average Bonchev–Trinajstić information content (AvgIpc) is 2.35. The molecular formula is C14H20ClNO3S. The zero-order valence-corrected chi connectivity index (χ0v) is 13.5. The van der Waals surface area contributed by atoms with E-state index in [0.717, 1.165) is 24.7 Å². The van der Waals surface area contributed by atoms with Crippen LogP contribution in [0.2, 0.25) is 0 Å². The van der Waals surface area contributed by atoms with E-state index in [4.69, 9.17) is 11.6 Å². The number of hydrogen-bond acceptors (Lipinski definition) is 3. The van der Waals surface area contributed by atoms with Crippen molar-refractivity contribution in [2.45, 2.75) is 31.4 Å². The van der Waals surface area contributed by atoms with Crippen LogP contribution >= 0.6 is 11.6 Å². The number of aryl methyl sites for hydroxylation is 1. The van der Waals surface area contributed by atoms with Gasteiger partial charge in [-0.3, -0.25) is 4.79 Å². The molecule has 1 N–H and O–H groups in total. The van der Waals surface area contributed by atoms with Crippen LogP contribution in [-0.2, 0) is 21.1 Å². The van der Waals surface area contributed by atoms with E-state index in [0.29, 0.717) is 11.6 Å². The van der Waals surface area contributed by atoms with Gasteiger partial charge in [-0.05, 0) is 44.4 Å². The molecule has 1 aromatic carbocycles. The van der Waals surface area contributed by atoms with Crippen LogP contribution in [0.1, 0.15) is 25.8 Å². The second kappa shape index (κ2) is 6.59. The molecule has 0 spiro atoms. The van der Waals surface area contributed by atoms with Crippen LogP contribution in [-0.4, -0.2) is 31.2 Å². The lowest BCUT2D eigenvalue weighted by Crippen LogP contribution is -2.43. The SMILES string of the molecule is CC(C)(C(=O)Nc1cccc(CCCCl)c1)S(C)(=O)=O. The smallest absolute Gasteiger partial charge is 0.245 e. The maximum absolute atomic E-state index is 12.1. The van der Waals surface area contributed by atoms with Gasteiger partial charge in [0.1, 0.15) is 4.75 Å². The van der Waals surface area contributed by atoms with E-state index < -0.39 is 20.5 Å². The molecule has 4 nitrogen and oxygen atoms in total. The first-order valence-electron chi connectivity index (χ1n) is 6.34. The summed E-state index contributed by atoms with van der Waals surface area (Å²) in [6.07, 6.45) is 2.74. The van der Waals surface area contributed by atoms with Gasteiger partial charge in [0.25, 0.3) is 0 Å². The number of anilines is 1. The van der Waals surface area contributed by atoms with Crippen LogP contribution in [0.5, 0.6) is 0 Å². The Kier molecular flexibility index (Phi) is 5.59. The topological polar surface area (TPSA) is 63.2 Å². The highest BCUT2D eigenvalue weighted by atomic mass is 35.5. The quantitative estimate of drug-likeness (QED) is 0.820. The van der Waals surface area contributed by atoms with Crippen LogP contribution in [0, 0.1) is 0 Å². The van der Waals surface area contributed by atoms with Crippen molar-refractivity contribution in [1.29, 1.82) is 0 Å². The Labute approximate surface area is 125 Å². The molecular weight excluding hydrogens is 298 g/mol. The van der Waals surface area contributed by atoms with Crippen molar-refractivity contribution in [3.8, 4) is 0 Å². The first-order chi connectivity index (χ1) is 9.18. The fourth-order valence-corrected chi connectivity index (χ4v) is 2.05. The molecule has 0 fully saturated rings. The third-order valence-corrected chi connectivity index (χ3v) is 5.56. The summed E-state index contributed by atoms with van der Waals surface area (Å²) < 4.78 is 21.8. The first-order valence-corrected chi connectivity index (χ1v) is 8.77. The second-order valence-electron chi connectivity index (χ2n) is 5.23. The normalized spacial score (nSPS) is 12.2. The molecule has 0 bridgehead atoms. The minimum atomic E-state index is -3.48. The fraction of sp³-hybridized carbons (Fsp3) is 0.500. The van der Waals surface area contributed by atoms with Crippen LogP contribution in [0.15, 0.2) is 24.3 Å². The third-order valence-electron chi connectivity index (χ3n) is 3.26. The average molecular weight is 318 g/mol. The summed E-state index contributed by atoms with van der Waals surface area (Å²) in [6, 6.07) is 7.35. The molecule has 0 aliphatic heterocycles. The number of benzene rings is 1. The highest BCUT2D eigenvalue weighted by molar-refractivity contribution is 7.92. The van der Waals surface area contributed by atoms with Crippen LogP contribution in [0.25, 0.3) is 0 Å². The molecule has 0 unspecified atom stereocenters. The molecule has 20 heavy (non-hydrogen) atoms. The molecule has 0 radical (unpaired) electrons. The summed E-state index contributed by atoms with van der Waals surface area (Å²) in [5.74, 6) is 0.0482. The lowest BCUT2D eigenvalue weighted by atomic mass is 10.1. The predicted molar refractivity (Wildman–Crippen MR) is 83.0 cm³/mol. The lowest BCUT2D eigenvalue weighted by Gasteiger charge is -2.21. The molecule has 0 aliphatic rings. The number of rotatable bonds is 6. The van der Waals surface area contributed by atoms with Gasteiger partial charge in [0.05, 0.1) is 0 Å². The lowest BCUT2D eigenvalue weighted by molar-refractivity contribution is -0.117. The molecule has 0 atom stereocenters. The summed E-state index contributed by atoms with van der Waals surface area (Å²) in [6.45, 7) is 2.80. The number of sulfone groups is 1. The molecule has 0 saturated carbocycles. The highest BCUT2D eigenvalue weighted by Crippen LogP contribution is 2.19. The summed E-state index contributed by atoms with van der Waals surface area (Å²) in [4.78, 5) is 12.1. The third kappa shape index (κ3) is 4.21. The van der Waals surface area contributed by atoms with Crippen molar-refractivity contribution >= 4 is 33.0 Å². The van der Waals surface area contributed by atoms with Crippen molar-refractivity contribution in [3.63, 3.8) is 0 Å². The molecule has 6 heteroatoms. The van der Waals surface area contributed by atoms with E-state index in [-0.39, 0.29) is 0 Å². The zero-order chi connectivity index (χ0) is 15.4. The van der Waals surface area contributed by atoms with Gasteiger partial charge in [0.2, 0.25) is 5.91 Å². The number of carbonyl (C=O) groups is 1. The molecule has 1 amide bonds. The van der Waals surface area contributed by atoms with Crippen molar-refractivity contribution in [2.75, 3.05) is 17.5 Å². The van der Waals surface area contributed by atoms with Gasteiger partial charge in [-0.1, -0.05) is 12.1 Å². The van der Waals surface area contributed by atoms with Crippen molar-refractivity contribution < 1.29 is 13.2 Å². The van der Waals surface area contributed by atoms with E-state index in [9.17, 15) is 13.2 Å². The fourth-order valence-electron chi connectivity index (χ4n) is 1.53. The van der Waals surface area contributed by atoms with Gasteiger partial charge in [-0.15, -0.1) is 11.6 Å². The van der Waals surface area contributed by atoms with E-state index in [1.54, 1.807) is 6.07 Å². The number of amides is 1. The zero-order valence-electron chi connectivity index (χ0n) is 11.9. The maximum Gasteiger partial charge on any atom is 0.245 e. The molecule has 0 aromatic heterocycles. The Balaban J connectivity index is 2.86. The number of alkyl halides is 1. The van der Waals surface area contributed by atoms with Crippen molar-refractivity contribution in [3.05, 3.63) is 29.8 Å². The largest absolute Gasteiger partial charge is 0.325 e. The van der Waals surface area contributed by atoms with Crippen molar-refractivity contribution in [2.24, 2.45) is 0 Å². The first kappa shape index (κ1) is 17.0. The van der Waals surface area contributed by atoms with Crippen molar-refractivity contribution in [1.82, 2.24) is 0 Å². The van der Waals surface area contributed by atoms with Gasteiger partial charge >= 0.3 is 0 Å². The van der Waals surface area contributed by atoms with Gasteiger partial charge in [0.15, 0.2) is 9.84 Å². The number of nitrogens with one attached hydrogen (secondary N) is 1. The highest BCUT2D eigenvalue weighted by Gasteiger charge is 2.38. The number of carbonyl (C=O) groups excluding carboxylic acids is 1. The van der Waals surface area contributed by atoms with E-state index in [2.05, 4.69) is 5.32 Å². The van der Waals surface area contributed by atoms with Crippen LogP contribution < -0.4 is 5.32 Å². The summed E-state index contributed by atoms with van der Waals surface area (Å²) in [7, 11) is -3.48. The Morgan fingerprint density at radius 1 is 1.35 bits per heavy atom. The molecule has 112 valence electrons. The summed E-state index contributed by atoms with van der Waals surface area (Å²) in [5.41, 5.74) is 1.65. The Morgan fingerprint density at radius 3 is 2.55 bits per heavy atom. The number of halogens is 1. The standard InChI is InChI=1S/C14H20ClNO3S/c1-14(2,20(3,18)19)13(17)16-12-8-4-6-11(10-12)7-5-9-15/h4,6,8,10H,5,7,9H2,1-3H3,(H,16,17). The predicted octanol–water partition coefficient (Wildman–Crippen LogP) is 2.62. The molecule has 1 aromatic rings. The Morgan fingerprint density at radius 2 is 2.00 bits per heavy atom. The number of hydrogen-bond donors (Lipinski definition) is 1. The molecule has 0 aliphatic carbocycles. The van der Waals surface area contributed by atoms with Gasteiger partial charge < -0.3 is 5.32 Å². The molecule has 0 saturated heterocycles. The van der Waals surface area contributed by atoms with Gasteiger partial charge in [-0.2, -0.15) is 0 Å². The second-order valence-corrected chi connectivity index (χ2v) is 8.17.